The van der Waals surface area contributed by atoms with Gasteiger partial charge >= 0.3 is 0 Å². The van der Waals surface area contributed by atoms with Crippen LogP contribution in [0, 0.1) is 0 Å². The number of oxazole rings is 1. The molecule has 1 aromatic rings. The Morgan fingerprint density at radius 1 is 1.25 bits per heavy atom. The minimum absolute atomic E-state index is 0.0626. The first-order chi connectivity index (χ1) is 7.55. The Morgan fingerprint density at radius 3 is 2.50 bits per heavy atom. The van der Waals surface area contributed by atoms with E-state index in [-0.39, 0.29) is 5.41 Å². The van der Waals surface area contributed by atoms with Crippen LogP contribution in [0.2, 0.25) is 0 Å². The Morgan fingerprint density at radius 2 is 1.94 bits per heavy atom. The number of aromatic nitrogens is 1. The fourth-order valence-corrected chi connectivity index (χ4v) is 2.04. The first kappa shape index (κ1) is 11.6. The molecule has 2 heterocycles. The number of nitrogens with zero attached hydrogens (tertiary/aromatic N) is 2. The molecule has 1 aromatic heterocycles. The van der Waals surface area contributed by atoms with E-state index in [1.54, 1.807) is 0 Å². The summed E-state index contributed by atoms with van der Waals surface area (Å²) in [7, 11) is 0. The Labute approximate surface area is 97.8 Å². The van der Waals surface area contributed by atoms with Crippen molar-refractivity contribution in [2.24, 2.45) is 0 Å². The summed E-state index contributed by atoms with van der Waals surface area (Å²) in [6.07, 6.45) is 5.87. The lowest BCUT2D eigenvalue weighted by molar-refractivity contribution is 0.197. The average molecular weight is 222 g/mol. The minimum Gasteiger partial charge on any atom is -0.444 e. The van der Waals surface area contributed by atoms with Crippen molar-refractivity contribution in [3.63, 3.8) is 0 Å². The predicted molar refractivity (Wildman–Crippen MR) is 64.3 cm³/mol. The molecule has 1 fully saturated rings. The zero-order valence-corrected chi connectivity index (χ0v) is 10.6. The molecule has 1 aliphatic heterocycles. The third-order valence-corrected chi connectivity index (χ3v) is 3.10. The highest BCUT2D eigenvalue weighted by molar-refractivity contribution is 5.05. The number of hydrogen-bond acceptors (Lipinski definition) is 3. The van der Waals surface area contributed by atoms with Crippen LogP contribution in [0.5, 0.6) is 0 Å². The SMILES string of the molecule is CC(C)(C)c1cnc(CN2CCCCC2)o1. The van der Waals surface area contributed by atoms with E-state index in [9.17, 15) is 0 Å². The molecule has 1 saturated heterocycles. The van der Waals surface area contributed by atoms with Gasteiger partial charge in [0.15, 0.2) is 0 Å². The number of piperidine rings is 1. The monoisotopic (exact) mass is 222 g/mol. The summed E-state index contributed by atoms with van der Waals surface area (Å²) in [5.74, 6) is 1.85. The van der Waals surface area contributed by atoms with Crippen LogP contribution in [0.25, 0.3) is 0 Å². The summed E-state index contributed by atoms with van der Waals surface area (Å²) in [5, 5.41) is 0. The zero-order valence-electron chi connectivity index (χ0n) is 10.6. The van der Waals surface area contributed by atoms with Gasteiger partial charge in [-0.2, -0.15) is 0 Å². The van der Waals surface area contributed by atoms with E-state index in [0.29, 0.717) is 0 Å². The third-order valence-electron chi connectivity index (χ3n) is 3.10. The molecule has 2 rings (SSSR count). The predicted octanol–water partition coefficient (Wildman–Crippen LogP) is 2.96. The molecule has 0 spiro atoms. The standard InChI is InChI=1S/C13H22N2O/c1-13(2,3)11-9-14-12(16-11)10-15-7-5-4-6-8-15/h9H,4-8,10H2,1-3H3. The lowest BCUT2D eigenvalue weighted by atomic mass is 9.94. The van der Waals surface area contributed by atoms with Gasteiger partial charge in [-0.05, 0) is 25.9 Å². The number of hydrogen-bond donors (Lipinski definition) is 0. The number of rotatable bonds is 2. The summed E-state index contributed by atoms with van der Waals surface area (Å²) in [6.45, 7) is 9.70. The van der Waals surface area contributed by atoms with Crippen LogP contribution in [0.4, 0.5) is 0 Å². The van der Waals surface area contributed by atoms with Crippen molar-refractivity contribution in [3.05, 3.63) is 17.8 Å². The van der Waals surface area contributed by atoms with Crippen molar-refractivity contribution in [2.75, 3.05) is 13.1 Å². The first-order valence-corrected chi connectivity index (χ1v) is 6.23. The van der Waals surface area contributed by atoms with Gasteiger partial charge in [0, 0.05) is 5.41 Å². The molecule has 16 heavy (non-hydrogen) atoms. The molecule has 0 bridgehead atoms. The second-order valence-corrected chi connectivity index (χ2v) is 5.71. The van der Waals surface area contributed by atoms with E-state index in [1.165, 1.54) is 32.4 Å². The fraction of sp³-hybridized carbons (Fsp3) is 0.769. The lowest BCUT2D eigenvalue weighted by Crippen LogP contribution is -2.29. The van der Waals surface area contributed by atoms with Gasteiger partial charge in [0.25, 0.3) is 0 Å². The number of likely N-dealkylation sites (tertiary alicyclic amines) is 1. The topological polar surface area (TPSA) is 29.3 Å². The van der Waals surface area contributed by atoms with Crippen LogP contribution in [-0.2, 0) is 12.0 Å². The molecule has 0 amide bonds. The van der Waals surface area contributed by atoms with Gasteiger partial charge in [-0.25, -0.2) is 4.98 Å². The van der Waals surface area contributed by atoms with Crippen molar-refractivity contribution in [2.45, 2.75) is 52.0 Å². The molecule has 0 radical (unpaired) electrons. The quantitative estimate of drug-likeness (QED) is 0.770. The summed E-state index contributed by atoms with van der Waals surface area (Å²) in [5.41, 5.74) is 0.0626. The third kappa shape index (κ3) is 2.85. The second kappa shape index (κ2) is 4.58. The van der Waals surface area contributed by atoms with Crippen molar-refractivity contribution in [1.29, 1.82) is 0 Å². The molecule has 0 aromatic carbocycles. The fourth-order valence-electron chi connectivity index (χ4n) is 2.04. The normalized spacial score (nSPS) is 18.9. The van der Waals surface area contributed by atoms with Crippen molar-refractivity contribution >= 4 is 0 Å². The molecular weight excluding hydrogens is 200 g/mol. The summed E-state index contributed by atoms with van der Waals surface area (Å²) >= 11 is 0. The van der Waals surface area contributed by atoms with Gasteiger partial charge in [0.1, 0.15) is 5.76 Å². The van der Waals surface area contributed by atoms with Crippen LogP contribution in [0.1, 0.15) is 51.7 Å². The Hall–Kier alpha value is -0.830. The molecule has 0 unspecified atom stereocenters. The average Bonchev–Trinajstić information content (AvgIpc) is 2.67. The second-order valence-electron chi connectivity index (χ2n) is 5.71. The van der Waals surface area contributed by atoms with Gasteiger partial charge in [0.05, 0.1) is 12.7 Å². The molecule has 0 atom stereocenters. The van der Waals surface area contributed by atoms with Crippen molar-refractivity contribution < 1.29 is 4.42 Å². The van der Waals surface area contributed by atoms with E-state index in [1.807, 2.05) is 6.20 Å². The highest BCUT2D eigenvalue weighted by Gasteiger charge is 2.20. The van der Waals surface area contributed by atoms with Crippen LogP contribution in [0.15, 0.2) is 10.6 Å². The van der Waals surface area contributed by atoms with Gasteiger partial charge < -0.3 is 4.42 Å². The van der Waals surface area contributed by atoms with E-state index in [2.05, 4.69) is 30.7 Å². The Kier molecular flexibility index (Phi) is 3.33. The van der Waals surface area contributed by atoms with Crippen LogP contribution >= 0.6 is 0 Å². The van der Waals surface area contributed by atoms with Crippen LogP contribution in [0.3, 0.4) is 0 Å². The maximum absolute atomic E-state index is 5.80. The Balaban J connectivity index is 1.97. The highest BCUT2D eigenvalue weighted by Crippen LogP contribution is 2.23. The lowest BCUT2D eigenvalue weighted by Gasteiger charge is -2.24. The largest absolute Gasteiger partial charge is 0.444 e. The van der Waals surface area contributed by atoms with E-state index >= 15 is 0 Å². The molecular formula is C13H22N2O. The summed E-state index contributed by atoms with van der Waals surface area (Å²) in [6, 6.07) is 0. The maximum Gasteiger partial charge on any atom is 0.208 e. The van der Waals surface area contributed by atoms with Crippen LogP contribution in [-0.4, -0.2) is 23.0 Å². The summed E-state index contributed by atoms with van der Waals surface area (Å²) in [4.78, 5) is 6.80. The molecule has 0 aliphatic carbocycles. The van der Waals surface area contributed by atoms with Gasteiger partial charge in [0.2, 0.25) is 5.89 Å². The summed E-state index contributed by atoms with van der Waals surface area (Å²) < 4.78 is 5.80. The zero-order chi connectivity index (χ0) is 11.6. The molecule has 1 aliphatic rings. The first-order valence-electron chi connectivity index (χ1n) is 6.23. The van der Waals surface area contributed by atoms with E-state index < -0.39 is 0 Å². The van der Waals surface area contributed by atoms with Gasteiger partial charge in [-0.1, -0.05) is 27.2 Å². The van der Waals surface area contributed by atoms with E-state index in [4.69, 9.17) is 4.42 Å². The van der Waals surface area contributed by atoms with Crippen molar-refractivity contribution in [3.8, 4) is 0 Å². The van der Waals surface area contributed by atoms with Gasteiger partial charge in [-0.3, -0.25) is 4.90 Å². The minimum atomic E-state index is 0.0626. The molecule has 0 saturated carbocycles. The molecule has 3 nitrogen and oxygen atoms in total. The van der Waals surface area contributed by atoms with E-state index in [0.717, 1.165) is 18.2 Å². The van der Waals surface area contributed by atoms with Crippen molar-refractivity contribution in [1.82, 2.24) is 9.88 Å². The van der Waals surface area contributed by atoms with Gasteiger partial charge in [-0.15, -0.1) is 0 Å². The highest BCUT2D eigenvalue weighted by atomic mass is 16.4. The maximum atomic E-state index is 5.80. The molecule has 0 N–H and O–H groups in total. The van der Waals surface area contributed by atoms with Crippen LogP contribution < -0.4 is 0 Å². The smallest absolute Gasteiger partial charge is 0.208 e. The Bertz CT molecular complexity index is 332. The molecule has 90 valence electrons. The molecule has 3 heteroatoms.